The van der Waals surface area contributed by atoms with Crippen LogP contribution >= 0.6 is 22.7 Å². The Bertz CT molecular complexity index is 796. The molecule has 0 unspecified atom stereocenters. The van der Waals surface area contributed by atoms with Gasteiger partial charge in [-0.1, -0.05) is 18.2 Å². The molecule has 0 saturated heterocycles. The van der Waals surface area contributed by atoms with Gasteiger partial charge < -0.3 is 10.6 Å². The SMILES string of the molecule is O=C(Cc1cccs1)Nc1ccccc1NC(=O)c1ccsc1. The van der Waals surface area contributed by atoms with Gasteiger partial charge in [0.1, 0.15) is 0 Å². The summed E-state index contributed by atoms with van der Waals surface area (Å²) in [5.41, 5.74) is 1.79. The van der Waals surface area contributed by atoms with Gasteiger partial charge in [-0.25, -0.2) is 0 Å². The Labute approximate surface area is 141 Å². The summed E-state index contributed by atoms with van der Waals surface area (Å²) in [6, 6.07) is 12.8. The minimum atomic E-state index is -0.189. The first-order chi connectivity index (χ1) is 11.2. The standard InChI is InChI=1S/C17H14N2O2S2/c20-16(10-13-4-3-8-23-13)18-14-5-1-2-6-15(14)19-17(21)12-7-9-22-11-12/h1-9,11H,10H2,(H,18,20)(H,19,21). The Morgan fingerprint density at radius 1 is 0.913 bits per heavy atom. The van der Waals surface area contributed by atoms with E-state index in [-0.39, 0.29) is 11.8 Å². The quantitative estimate of drug-likeness (QED) is 0.728. The van der Waals surface area contributed by atoms with Crippen molar-refractivity contribution in [3.63, 3.8) is 0 Å². The largest absolute Gasteiger partial charge is 0.324 e. The van der Waals surface area contributed by atoms with Crippen molar-refractivity contribution in [3.05, 3.63) is 69.0 Å². The second kappa shape index (κ2) is 7.21. The molecule has 1 aromatic carbocycles. The lowest BCUT2D eigenvalue weighted by molar-refractivity contribution is -0.115. The fraction of sp³-hybridized carbons (Fsp3) is 0.0588. The molecule has 0 radical (unpaired) electrons. The second-order valence-corrected chi connectivity index (χ2v) is 6.63. The van der Waals surface area contributed by atoms with Crippen LogP contribution in [0.4, 0.5) is 11.4 Å². The molecule has 2 N–H and O–H groups in total. The first kappa shape index (κ1) is 15.5. The predicted molar refractivity (Wildman–Crippen MR) is 95.4 cm³/mol. The smallest absolute Gasteiger partial charge is 0.256 e. The maximum absolute atomic E-state index is 12.2. The van der Waals surface area contributed by atoms with Crippen LogP contribution in [0, 0.1) is 0 Å². The monoisotopic (exact) mass is 342 g/mol. The summed E-state index contributed by atoms with van der Waals surface area (Å²) < 4.78 is 0. The summed E-state index contributed by atoms with van der Waals surface area (Å²) in [5.74, 6) is -0.295. The van der Waals surface area contributed by atoms with Crippen LogP contribution in [0.2, 0.25) is 0 Å². The zero-order valence-electron chi connectivity index (χ0n) is 12.1. The molecule has 3 rings (SSSR count). The number of amides is 2. The molecule has 0 fully saturated rings. The Morgan fingerprint density at radius 2 is 1.70 bits per heavy atom. The fourth-order valence-corrected chi connectivity index (χ4v) is 3.39. The fourth-order valence-electron chi connectivity index (χ4n) is 2.06. The molecule has 2 heterocycles. The summed E-state index contributed by atoms with van der Waals surface area (Å²) >= 11 is 3.01. The van der Waals surface area contributed by atoms with E-state index in [0.29, 0.717) is 23.4 Å². The minimum Gasteiger partial charge on any atom is -0.324 e. The van der Waals surface area contributed by atoms with Crippen molar-refractivity contribution in [2.45, 2.75) is 6.42 Å². The predicted octanol–water partition coefficient (Wildman–Crippen LogP) is 4.24. The van der Waals surface area contributed by atoms with Gasteiger partial charge in [0.05, 0.1) is 23.4 Å². The highest BCUT2D eigenvalue weighted by Crippen LogP contribution is 2.22. The molecule has 0 bridgehead atoms. The zero-order chi connectivity index (χ0) is 16.1. The van der Waals surface area contributed by atoms with Crippen molar-refractivity contribution < 1.29 is 9.59 Å². The van der Waals surface area contributed by atoms with Gasteiger partial charge in [0.2, 0.25) is 5.91 Å². The third-order valence-electron chi connectivity index (χ3n) is 3.15. The van der Waals surface area contributed by atoms with E-state index in [1.54, 1.807) is 34.9 Å². The Morgan fingerprint density at radius 3 is 2.35 bits per heavy atom. The number of thiophene rings is 2. The first-order valence-electron chi connectivity index (χ1n) is 6.97. The third-order valence-corrected chi connectivity index (χ3v) is 4.71. The number of hydrogen-bond acceptors (Lipinski definition) is 4. The Hall–Kier alpha value is -2.44. The normalized spacial score (nSPS) is 10.3. The van der Waals surface area contributed by atoms with E-state index in [4.69, 9.17) is 0 Å². The molecule has 3 aromatic rings. The van der Waals surface area contributed by atoms with Gasteiger partial charge in [-0.05, 0) is 35.0 Å². The average molecular weight is 342 g/mol. The number of anilines is 2. The van der Waals surface area contributed by atoms with Gasteiger partial charge in [0, 0.05) is 10.3 Å². The van der Waals surface area contributed by atoms with Crippen LogP contribution in [-0.4, -0.2) is 11.8 Å². The van der Waals surface area contributed by atoms with E-state index in [1.165, 1.54) is 11.3 Å². The molecule has 2 aromatic heterocycles. The highest BCUT2D eigenvalue weighted by molar-refractivity contribution is 7.10. The molecule has 0 spiro atoms. The maximum atomic E-state index is 12.2. The highest BCUT2D eigenvalue weighted by Gasteiger charge is 2.11. The molecule has 0 aliphatic carbocycles. The van der Waals surface area contributed by atoms with E-state index in [2.05, 4.69) is 10.6 Å². The number of hydrogen-bond donors (Lipinski definition) is 2. The van der Waals surface area contributed by atoms with Crippen molar-refractivity contribution in [3.8, 4) is 0 Å². The Kier molecular flexibility index (Phi) is 4.85. The van der Waals surface area contributed by atoms with E-state index in [1.807, 2.05) is 35.0 Å². The van der Waals surface area contributed by atoms with Crippen LogP contribution in [0.3, 0.4) is 0 Å². The van der Waals surface area contributed by atoms with Crippen LogP contribution in [0.25, 0.3) is 0 Å². The Balaban J connectivity index is 1.70. The summed E-state index contributed by atoms with van der Waals surface area (Å²) in [6.07, 6.45) is 0.324. The van der Waals surface area contributed by atoms with E-state index >= 15 is 0 Å². The molecule has 2 amide bonds. The van der Waals surface area contributed by atoms with E-state index < -0.39 is 0 Å². The highest BCUT2D eigenvalue weighted by atomic mass is 32.1. The van der Waals surface area contributed by atoms with Gasteiger partial charge in [-0.15, -0.1) is 11.3 Å². The van der Waals surface area contributed by atoms with Crippen LogP contribution in [0.1, 0.15) is 15.2 Å². The molecule has 0 saturated carbocycles. The maximum Gasteiger partial charge on any atom is 0.256 e. The van der Waals surface area contributed by atoms with Crippen molar-refractivity contribution in [1.82, 2.24) is 0 Å². The lowest BCUT2D eigenvalue weighted by Crippen LogP contribution is -2.17. The van der Waals surface area contributed by atoms with Crippen molar-refractivity contribution in [2.75, 3.05) is 10.6 Å². The zero-order valence-corrected chi connectivity index (χ0v) is 13.7. The molecular formula is C17H14N2O2S2. The van der Waals surface area contributed by atoms with Crippen molar-refractivity contribution in [2.24, 2.45) is 0 Å². The minimum absolute atomic E-state index is 0.107. The van der Waals surface area contributed by atoms with Gasteiger partial charge >= 0.3 is 0 Å². The van der Waals surface area contributed by atoms with Gasteiger partial charge in [0.15, 0.2) is 0 Å². The number of benzene rings is 1. The molecule has 0 aliphatic rings. The molecule has 116 valence electrons. The summed E-state index contributed by atoms with van der Waals surface area (Å²) in [7, 11) is 0. The van der Waals surface area contributed by atoms with Crippen LogP contribution in [0.15, 0.2) is 58.6 Å². The van der Waals surface area contributed by atoms with Crippen LogP contribution in [-0.2, 0) is 11.2 Å². The molecule has 4 nitrogen and oxygen atoms in total. The van der Waals surface area contributed by atoms with Crippen LogP contribution < -0.4 is 10.6 Å². The van der Waals surface area contributed by atoms with Gasteiger partial charge in [-0.3, -0.25) is 9.59 Å². The molecule has 23 heavy (non-hydrogen) atoms. The lowest BCUT2D eigenvalue weighted by Gasteiger charge is -2.11. The third kappa shape index (κ3) is 4.06. The topological polar surface area (TPSA) is 58.2 Å². The number of carbonyl (C=O) groups excluding carboxylic acids is 2. The molecule has 0 aliphatic heterocycles. The number of nitrogens with one attached hydrogen (secondary N) is 2. The van der Waals surface area contributed by atoms with Gasteiger partial charge in [-0.2, -0.15) is 11.3 Å². The molecular weight excluding hydrogens is 328 g/mol. The summed E-state index contributed by atoms with van der Waals surface area (Å²) in [5, 5.41) is 11.3. The van der Waals surface area contributed by atoms with Gasteiger partial charge in [0.25, 0.3) is 5.91 Å². The molecule has 0 atom stereocenters. The summed E-state index contributed by atoms with van der Waals surface area (Å²) in [4.78, 5) is 25.3. The number of para-hydroxylation sites is 2. The van der Waals surface area contributed by atoms with Crippen LogP contribution in [0.5, 0.6) is 0 Å². The lowest BCUT2D eigenvalue weighted by atomic mass is 10.2. The summed E-state index contributed by atoms with van der Waals surface area (Å²) in [6.45, 7) is 0. The second-order valence-electron chi connectivity index (χ2n) is 4.82. The molecule has 6 heteroatoms. The van der Waals surface area contributed by atoms with E-state index in [0.717, 1.165) is 4.88 Å². The van der Waals surface area contributed by atoms with Crippen molar-refractivity contribution in [1.29, 1.82) is 0 Å². The van der Waals surface area contributed by atoms with E-state index in [9.17, 15) is 9.59 Å². The van der Waals surface area contributed by atoms with Crippen molar-refractivity contribution >= 4 is 45.9 Å². The number of rotatable bonds is 5. The first-order valence-corrected chi connectivity index (χ1v) is 8.79. The number of carbonyl (C=O) groups is 2. The average Bonchev–Trinajstić information content (AvgIpc) is 3.22.